The van der Waals surface area contributed by atoms with Gasteiger partial charge in [0.2, 0.25) is 0 Å². The van der Waals surface area contributed by atoms with Crippen molar-refractivity contribution in [3.63, 3.8) is 0 Å². The lowest BCUT2D eigenvalue weighted by Gasteiger charge is -2.01. The molecule has 3 N–H and O–H groups in total. The number of hydrogen-bond donors (Lipinski definition) is 2. The first kappa shape index (κ1) is 6.86. The average molecular weight is 137 g/mol. The van der Waals surface area contributed by atoms with Crippen LogP contribution in [0.15, 0.2) is 12.3 Å². The average Bonchev–Trinajstić information content (AvgIpc) is 1.95. The standard InChI is InChI=1S/C7H11N3/c1-5-7(8)3-6(9-2)4-10-5/h3-4,9H,8H2,1-2H3. The Morgan fingerprint density at radius 3 is 2.80 bits per heavy atom. The smallest absolute Gasteiger partial charge is 0.0603 e. The second-order valence-electron chi connectivity index (χ2n) is 2.15. The van der Waals surface area contributed by atoms with E-state index in [0.29, 0.717) is 0 Å². The second-order valence-corrected chi connectivity index (χ2v) is 2.15. The number of aromatic nitrogens is 1. The number of anilines is 2. The normalized spacial score (nSPS) is 9.40. The van der Waals surface area contributed by atoms with E-state index in [1.807, 2.05) is 20.0 Å². The van der Waals surface area contributed by atoms with Gasteiger partial charge in [-0.15, -0.1) is 0 Å². The van der Waals surface area contributed by atoms with Crippen molar-refractivity contribution >= 4 is 11.4 Å². The molecule has 0 spiro atoms. The summed E-state index contributed by atoms with van der Waals surface area (Å²) in [6, 6.07) is 1.86. The molecule has 0 atom stereocenters. The topological polar surface area (TPSA) is 50.9 Å². The number of nitrogens with one attached hydrogen (secondary N) is 1. The van der Waals surface area contributed by atoms with Gasteiger partial charge in [0.25, 0.3) is 0 Å². The maximum atomic E-state index is 5.59. The van der Waals surface area contributed by atoms with E-state index in [2.05, 4.69) is 10.3 Å². The van der Waals surface area contributed by atoms with Gasteiger partial charge in [0, 0.05) is 7.05 Å². The summed E-state index contributed by atoms with van der Waals surface area (Å²) >= 11 is 0. The molecule has 1 aromatic rings. The molecule has 1 heterocycles. The minimum absolute atomic E-state index is 0.729. The molecular formula is C7H11N3. The van der Waals surface area contributed by atoms with Gasteiger partial charge in [-0.1, -0.05) is 0 Å². The largest absolute Gasteiger partial charge is 0.397 e. The van der Waals surface area contributed by atoms with Crippen LogP contribution < -0.4 is 11.1 Å². The van der Waals surface area contributed by atoms with E-state index in [-0.39, 0.29) is 0 Å². The van der Waals surface area contributed by atoms with Crippen molar-refractivity contribution in [1.29, 1.82) is 0 Å². The van der Waals surface area contributed by atoms with Crippen LogP contribution in [0.1, 0.15) is 5.69 Å². The highest BCUT2D eigenvalue weighted by molar-refractivity contribution is 5.54. The van der Waals surface area contributed by atoms with Gasteiger partial charge in [-0.3, -0.25) is 4.98 Å². The van der Waals surface area contributed by atoms with Gasteiger partial charge in [-0.25, -0.2) is 0 Å². The fourth-order valence-electron chi connectivity index (χ4n) is 0.687. The van der Waals surface area contributed by atoms with Gasteiger partial charge < -0.3 is 11.1 Å². The number of nitrogen functional groups attached to an aromatic ring is 1. The summed E-state index contributed by atoms with van der Waals surface area (Å²) in [5, 5.41) is 2.95. The maximum Gasteiger partial charge on any atom is 0.0603 e. The van der Waals surface area contributed by atoms with Crippen molar-refractivity contribution in [2.24, 2.45) is 0 Å². The highest BCUT2D eigenvalue weighted by Gasteiger charge is 1.93. The van der Waals surface area contributed by atoms with Crippen molar-refractivity contribution < 1.29 is 0 Å². The first-order valence-electron chi connectivity index (χ1n) is 3.14. The van der Waals surface area contributed by atoms with Crippen LogP contribution in [0.25, 0.3) is 0 Å². The van der Waals surface area contributed by atoms with E-state index >= 15 is 0 Å². The lowest BCUT2D eigenvalue weighted by Crippen LogP contribution is -1.95. The van der Waals surface area contributed by atoms with Crippen molar-refractivity contribution in [1.82, 2.24) is 4.98 Å². The Kier molecular flexibility index (Phi) is 1.76. The molecule has 1 aromatic heterocycles. The zero-order chi connectivity index (χ0) is 7.56. The molecule has 0 unspecified atom stereocenters. The van der Waals surface area contributed by atoms with E-state index in [1.165, 1.54) is 0 Å². The van der Waals surface area contributed by atoms with E-state index in [0.717, 1.165) is 17.1 Å². The van der Waals surface area contributed by atoms with Crippen molar-refractivity contribution in [3.05, 3.63) is 18.0 Å². The Morgan fingerprint density at radius 2 is 2.30 bits per heavy atom. The third kappa shape index (κ3) is 1.18. The molecule has 0 saturated carbocycles. The number of nitrogens with zero attached hydrogens (tertiary/aromatic N) is 1. The van der Waals surface area contributed by atoms with Crippen LogP contribution >= 0.6 is 0 Å². The Bertz CT molecular complexity index is 232. The van der Waals surface area contributed by atoms with E-state index < -0.39 is 0 Å². The third-order valence-electron chi connectivity index (χ3n) is 1.41. The summed E-state index contributed by atoms with van der Waals surface area (Å²) in [4.78, 5) is 4.06. The summed E-state index contributed by atoms with van der Waals surface area (Å²) in [7, 11) is 1.84. The Hall–Kier alpha value is -1.25. The molecule has 3 nitrogen and oxygen atoms in total. The predicted molar refractivity (Wildman–Crippen MR) is 42.9 cm³/mol. The van der Waals surface area contributed by atoms with E-state index in [1.54, 1.807) is 6.20 Å². The Balaban J connectivity index is 3.04. The summed E-state index contributed by atoms with van der Waals surface area (Å²) in [5.74, 6) is 0. The fraction of sp³-hybridized carbons (Fsp3) is 0.286. The highest BCUT2D eigenvalue weighted by Crippen LogP contribution is 2.12. The molecule has 0 radical (unpaired) electrons. The molecule has 3 heteroatoms. The van der Waals surface area contributed by atoms with Crippen LogP contribution in [-0.2, 0) is 0 Å². The van der Waals surface area contributed by atoms with Gasteiger partial charge in [0.15, 0.2) is 0 Å². The molecule has 0 aromatic carbocycles. The number of pyridine rings is 1. The SMILES string of the molecule is CNc1cnc(C)c(N)c1. The van der Waals surface area contributed by atoms with E-state index in [4.69, 9.17) is 5.73 Å². The molecule has 10 heavy (non-hydrogen) atoms. The van der Waals surface area contributed by atoms with Gasteiger partial charge in [-0.2, -0.15) is 0 Å². The van der Waals surface area contributed by atoms with Crippen molar-refractivity contribution in [2.75, 3.05) is 18.1 Å². The lowest BCUT2D eigenvalue weighted by molar-refractivity contribution is 1.20. The minimum Gasteiger partial charge on any atom is -0.397 e. The summed E-state index contributed by atoms with van der Waals surface area (Å²) in [6.45, 7) is 1.88. The van der Waals surface area contributed by atoms with Crippen LogP contribution in [0, 0.1) is 6.92 Å². The molecule has 0 aliphatic rings. The molecule has 1 rings (SSSR count). The van der Waals surface area contributed by atoms with Crippen LogP contribution in [0.2, 0.25) is 0 Å². The number of hydrogen-bond acceptors (Lipinski definition) is 3. The quantitative estimate of drug-likeness (QED) is 0.607. The molecule has 0 bridgehead atoms. The summed E-state index contributed by atoms with van der Waals surface area (Å²) in [5.41, 5.74) is 8.14. The Labute approximate surface area is 60.3 Å². The van der Waals surface area contributed by atoms with Crippen LogP contribution in [0.4, 0.5) is 11.4 Å². The second kappa shape index (κ2) is 2.56. The van der Waals surface area contributed by atoms with Gasteiger partial charge >= 0.3 is 0 Å². The predicted octanol–water partition coefficient (Wildman–Crippen LogP) is 1.01. The first-order chi connectivity index (χ1) is 4.74. The monoisotopic (exact) mass is 137 g/mol. The molecular weight excluding hydrogens is 126 g/mol. The van der Waals surface area contributed by atoms with Crippen molar-refractivity contribution in [3.8, 4) is 0 Å². The maximum absolute atomic E-state index is 5.59. The van der Waals surface area contributed by atoms with Gasteiger partial charge in [0.05, 0.1) is 23.3 Å². The molecule has 0 amide bonds. The van der Waals surface area contributed by atoms with Gasteiger partial charge in [0.1, 0.15) is 0 Å². The Morgan fingerprint density at radius 1 is 1.60 bits per heavy atom. The molecule has 0 fully saturated rings. The zero-order valence-corrected chi connectivity index (χ0v) is 6.18. The van der Waals surface area contributed by atoms with Crippen LogP contribution in [-0.4, -0.2) is 12.0 Å². The molecule has 0 aliphatic heterocycles. The minimum atomic E-state index is 0.729. The summed E-state index contributed by atoms with van der Waals surface area (Å²) in [6.07, 6.45) is 1.76. The molecule has 0 saturated heterocycles. The molecule has 0 aliphatic carbocycles. The van der Waals surface area contributed by atoms with Crippen LogP contribution in [0.5, 0.6) is 0 Å². The molecule has 54 valence electrons. The van der Waals surface area contributed by atoms with Gasteiger partial charge in [-0.05, 0) is 13.0 Å². The first-order valence-corrected chi connectivity index (χ1v) is 3.14. The third-order valence-corrected chi connectivity index (χ3v) is 1.41. The number of aryl methyl sites for hydroxylation is 1. The highest BCUT2D eigenvalue weighted by atomic mass is 14.9. The number of rotatable bonds is 1. The van der Waals surface area contributed by atoms with E-state index in [9.17, 15) is 0 Å². The van der Waals surface area contributed by atoms with Crippen LogP contribution in [0.3, 0.4) is 0 Å². The van der Waals surface area contributed by atoms with Crippen molar-refractivity contribution in [2.45, 2.75) is 6.92 Å². The number of nitrogens with two attached hydrogens (primary N) is 1. The zero-order valence-electron chi connectivity index (χ0n) is 6.18. The summed E-state index contributed by atoms with van der Waals surface area (Å²) < 4.78 is 0. The fourth-order valence-corrected chi connectivity index (χ4v) is 0.687. The lowest BCUT2D eigenvalue weighted by atomic mass is 10.3.